The molecule has 0 saturated heterocycles. The van der Waals surface area contributed by atoms with Gasteiger partial charge >= 0.3 is 0 Å². The summed E-state index contributed by atoms with van der Waals surface area (Å²) in [6.07, 6.45) is -0.602. The average Bonchev–Trinajstić information content (AvgIpc) is 2.55. The zero-order chi connectivity index (χ0) is 15.1. The highest BCUT2D eigenvalue weighted by Gasteiger charge is 2.06. The monoisotopic (exact) mass is 282 g/mol. The summed E-state index contributed by atoms with van der Waals surface area (Å²) in [5, 5.41) is 31.0. The molecule has 0 aliphatic carbocycles. The molecule has 0 aliphatic heterocycles. The van der Waals surface area contributed by atoms with Gasteiger partial charge in [-0.05, 0) is 28.8 Å². The van der Waals surface area contributed by atoms with Crippen molar-refractivity contribution in [1.82, 2.24) is 5.32 Å². The van der Waals surface area contributed by atoms with Gasteiger partial charge in [0.2, 0.25) is 0 Å². The topological polar surface area (TPSA) is 76.3 Å². The maximum absolute atomic E-state index is 10.1. The predicted octanol–water partition coefficient (Wildman–Crippen LogP) is 1.87. The molecule has 2 aromatic rings. The van der Waals surface area contributed by atoms with Crippen molar-refractivity contribution in [2.45, 2.75) is 19.3 Å². The van der Waals surface area contributed by atoms with E-state index in [1.54, 1.807) is 24.3 Å². The minimum Gasteiger partial charge on any atom is -0.392 e. The van der Waals surface area contributed by atoms with Crippen molar-refractivity contribution in [1.29, 1.82) is 5.26 Å². The van der Waals surface area contributed by atoms with Crippen LogP contribution in [0.15, 0.2) is 48.5 Å². The summed E-state index contributed by atoms with van der Waals surface area (Å²) < 4.78 is 0. The van der Waals surface area contributed by atoms with E-state index in [9.17, 15) is 5.11 Å². The first kappa shape index (κ1) is 15.2. The SMILES string of the molecule is N#Cc1ccc(C(O)CNCc2ccc(CO)cc2)cc1. The van der Waals surface area contributed by atoms with E-state index in [-0.39, 0.29) is 6.61 Å². The highest BCUT2D eigenvalue weighted by atomic mass is 16.3. The van der Waals surface area contributed by atoms with Gasteiger partial charge in [-0.15, -0.1) is 0 Å². The average molecular weight is 282 g/mol. The summed E-state index contributed by atoms with van der Waals surface area (Å²) in [4.78, 5) is 0. The lowest BCUT2D eigenvalue weighted by atomic mass is 10.1. The Kier molecular flexibility index (Phi) is 5.47. The largest absolute Gasteiger partial charge is 0.392 e. The number of benzene rings is 2. The van der Waals surface area contributed by atoms with Crippen LogP contribution in [0.5, 0.6) is 0 Å². The van der Waals surface area contributed by atoms with Crippen LogP contribution >= 0.6 is 0 Å². The van der Waals surface area contributed by atoms with Gasteiger partial charge < -0.3 is 15.5 Å². The van der Waals surface area contributed by atoms with Crippen LogP contribution in [0.1, 0.15) is 28.4 Å². The molecule has 2 rings (SSSR count). The van der Waals surface area contributed by atoms with E-state index >= 15 is 0 Å². The first-order chi connectivity index (χ1) is 10.2. The second-order valence-electron chi connectivity index (χ2n) is 4.86. The fourth-order valence-corrected chi connectivity index (χ4v) is 2.01. The summed E-state index contributed by atoms with van der Waals surface area (Å²) in [5.41, 5.74) is 3.36. The van der Waals surface area contributed by atoms with Crippen LogP contribution < -0.4 is 5.32 Å². The molecule has 21 heavy (non-hydrogen) atoms. The minimum absolute atomic E-state index is 0.0467. The molecule has 0 spiro atoms. The summed E-state index contributed by atoms with van der Waals surface area (Å²) >= 11 is 0. The van der Waals surface area contributed by atoms with Crippen LogP contribution in [0, 0.1) is 11.3 Å². The number of nitriles is 1. The van der Waals surface area contributed by atoms with Crippen LogP contribution in [0.25, 0.3) is 0 Å². The fraction of sp³-hybridized carbons (Fsp3) is 0.235. The molecule has 0 heterocycles. The van der Waals surface area contributed by atoms with E-state index in [1.807, 2.05) is 24.3 Å². The molecule has 4 nitrogen and oxygen atoms in total. The molecule has 0 aromatic heterocycles. The first-order valence-corrected chi connectivity index (χ1v) is 6.80. The summed E-state index contributed by atoms with van der Waals surface area (Å²) in [6, 6.07) is 16.7. The lowest BCUT2D eigenvalue weighted by molar-refractivity contribution is 0.174. The second kappa shape index (κ2) is 7.55. The van der Waals surface area contributed by atoms with Crippen LogP contribution in [0.4, 0.5) is 0 Å². The smallest absolute Gasteiger partial charge is 0.0991 e. The van der Waals surface area contributed by atoms with Crippen molar-refractivity contribution in [2.24, 2.45) is 0 Å². The van der Waals surface area contributed by atoms with Gasteiger partial charge in [0.15, 0.2) is 0 Å². The van der Waals surface area contributed by atoms with Gasteiger partial charge in [0.05, 0.1) is 24.3 Å². The highest BCUT2D eigenvalue weighted by molar-refractivity contribution is 5.32. The van der Waals surface area contributed by atoms with Crippen molar-refractivity contribution in [3.8, 4) is 6.07 Å². The first-order valence-electron chi connectivity index (χ1n) is 6.80. The molecule has 1 unspecified atom stereocenters. The maximum Gasteiger partial charge on any atom is 0.0991 e. The van der Waals surface area contributed by atoms with Crippen molar-refractivity contribution >= 4 is 0 Å². The van der Waals surface area contributed by atoms with E-state index in [1.165, 1.54) is 0 Å². The number of nitrogens with zero attached hydrogens (tertiary/aromatic N) is 1. The standard InChI is InChI=1S/C17H18N2O2/c18-9-13-5-7-16(8-6-13)17(21)11-19-10-14-1-3-15(12-20)4-2-14/h1-8,17,19-21H,10-12H2. The van der Waals surface area contributed by atoms with Crippen molar-refractivity contribution in [3.05, 3.63) is 70.8 Å². The van der Waals surface area contributed by atoms with Crippen molar-refractivity contribution < 1.29 is 10.2 Å². The number of aliphatic hydroxyl groups excluding tert-OH is 2. The highest BCUT2D eigenvalue weighted by Crippen LogP contribution is 2.13. The lowest BCUT2D eigenvalue weighted by Crippen LogP contribution is -2.21. The third-order valence-corrected chi connectivity index (χ3v) is 3.30. The van der Waals surface area contributed by atoms with Crippen LogP contribution in [0.3, 0.4) is 0 Å². The number of hydrogen-bond acceptors (Lipinski definition) is 4. The van der Waals surface area contributed by atoms with Crippen LogP contribution in [-0.2, 0) is 13.2 Å². The summed E-state index contributed by atoms with van der Waals surface area (Å²) in [7, 11) is 0. The molecule has 0 saturated carbocycles. The van der Waals surface area contributed by atoms with Gasteiger partial charge in [0.25, 0.3) is 0 Å². The maximum atomic E-state index is 10.1. The van der Waals surface area contributed by atoms with Gasteiger partial charge in [-0.1, -0.05) is 36.4 Å². The molecule has 0 amide bonds. The molecule has 3 N–H and O–H groups in total. The molecule has 0 radical (unpaired) electrons. The van der Waals surface area contributed by atoms with E-state index < -0.39 is 6.10 Å². The third-order valence-electron chi connectivity index (χ3n) is 3.30. The van der Waals surface area contributed by atoms with Gasteiger partial charge in [-0.2, -0.15) is 5.26 Å². The zero-order valence-electron chi connectivity index (χ0n) is 11.7. The Balaban J connectivity index is 1.82. The van der Waals surface area contributed by atoms with Gasteiger partial charge in [0.1, 0.15) is 0 Å². The molecule has 2 aromatic carbocycles. The van der Waals surface area contributed by atoms with Gasteiger partial charge in [-0.25, -0.2) is 0 Å². The Morgan fingerprint density at radius 1 is 1.00 bits per heavy atom. The van der Waals surface area contributed by atoms with Crippen molar-refractivity contribution in [3.63, 3.8) is 0 Å². The quantitative estimate of drug-likeness (QED) is 0.756. The third kappa shape index (κ3) is 4.40. The Morgan fingerprint density at radius 3 is 2.19 bits per heavy atom. The molecule has 1 atom stereocenters. The van der Waals surface area contributed by atoms with Crippen molar-refractivity contribution in [2.75, 3.05) is 6.54 Å². The van der Waals surface area contributed by atoms with E-state index in [4.69, 9.17) is 10.4 Å². The fourth-order valence-electron chi connectivity index (χ4n) is 2.01. The van der Waals surface area contributed by atoms with E-state index in [0.29, 0.717) is 18.7 Å². The van der Waals surface area contributed by atoms with Crippen LogP contribution in [-0.4, -0.2) is 16.8 Å². The number of rotatable bonds is 6. The molecule has 0 fully saturated rings. The molecule has 4 heteroatoms. The molecule has 0 bridgehead atoms. The molecule has 0 aliphatic rings. The number of nitrogens with one attached hydrogen (secondary N) is 1. The van der Waals surface area contributed by atoms with Gasteiger partial charge in [-0.3, -0.25) is 0 Å². The Hall–Kier alpha value is -2.19. The van der Waals surface area contributed by atoms with Gasteiger partial charge in [0, 0.05) is 13.1 Å². The Bertz CT molecular complexity index is 600. The van der Waals surface area contributed by atoms with Crippen LogP contribution in [0.2, 0.25) is 0 Å². The lowest BCUT2D eigenvalue weighted by Gasteiger charge is -2.12. The Morgan fingerprint density at radius 2 is 1.62 bits per heavy atom. The second-order valence-corrected chi connectivity index (χ2v) is 4.86. The number of aliphatic hydroxyl groups is 2. The molecular formula is C17H18N2O2. The van der Waals surface area contributed by atoms with E-state index in [2.05, 4.69) is 11.4 Å². The Labute approximate surface area is 124 Å². The normalized spacial score (nSPS) is 11.9. The minimum atomic E-state index is -0.602. The number of hydrogen-bond donors (Lipinski definition) is 3. The van der Waals surface area contributed by atoms with E-state index in [0.717, 1.165) is 16.7 Å². The zero-order valence-corrected chi connectivity index (χ0v) is 11.7. The summed E-state index contributed by atoms with van der Waals surface area (Å²) in [5.74, 6) is 0. The summed E-state index contributed by atoms with van der Waals surface area (Å²) in [6.45, 7) is 1.14. The molecule has 108 valence electrons. The molecular weight excluding hydrogens is 264 g/mol. The predicted molar refractivity (Wildman–Crippen MR) is 80.2 cm³/mol.